The maximum absolute atomic E-state index is 13.1. The van der Waals surface area contributed by atoms with Gasteiger partial charge in [-0.25, -0.2) is 12.8 Å². The van der Waals surface area contributed by atoms with Crippen LogP contribution >= 0.6 is 0 Å². The zero-order chi connectivity index (χ0) is 21.4. The lowest BCUT2D eigenvalue weighted by atomic mass is 10.0. The summed E-state index contributed by atoms with van der Waals surface area (Å²) in [6.45, 7) is 5.09. The van der Waals surface area contributed by atoms with Crippen LogP contribution in [0.25, 0.3) is 0 Å². The Morgan fingerprint density at radius 1 is 1.10 bits per heavy atom. The third-order valence-electron chi connectivity index (χ3n) is 4.97. The molecule has 1 atom stereocenters. The number of benzene rings is 1. The van der Waals surface area contributed by atoms with Gasteiger partial charge in [-0.1, -0.05) is 20.3 Å². The van der Waals surface area contributed by atoms with E-state index in [0.717, 1.165) is 31.4 Å². The van der Waals surface area contributed by atoms with Crippen molar-refractivity contribution < 1.29 is 22.4 Å². The SMILES string of the molecule is CC(C)CCNC(=O)C(=O)NCC[C@H]1CCCCN1S(=O)(=O)c1ccc(F)cc1. The Bertz CT molecular complexity index is 796. The molecule has 2 rings (SSSR count). The number of sulfonamides is 1. The van der Waals surface area contributed by atoms with E-state index < -0.39 is 27.7 Å². The summed E-state index contributed by atoms with van der Waals surface area (Å²) >= 11 is 0. The van der Waals surface area contributed by atoms with Gasteiger partial charge in [0.1, 0.15) is 5.82 Å². The summed E-state index contributed by atoms with van der Waals surface area (Å²) in [6.07, 6.45) is 3.52. The summed E-state index contributed by atoms with van der Waals surface area (Å²) in [6, 6.07) is 4.51. The van der Waals surface area contributed by atoms with Gasteiger partial charge < -0.3 is 10.6 Å². The summed E-state index contributed by atoms with van der Waals surface area (Å²) < 4.78 is 40.4. The second-order valence-electron chi connectivity index (χ2n) is 7.70. The number of rotatable bonds is 8. The average Bonchev–Trinajstić information content (AvgIpc) is 2.68. The molecule has 2 N–H and O–H groups in total. The van der Waals surface area contributed by atoms with Crippen LogP contribution in [0.2, 0.25) is 0 Å². The lowest BCUT2D eigenvalue weighted by Gasteiger charge is -2.34. The normalized spacial score (nSPS) is 17.9. The predicted molar refractivity (Wildman–Crippen MR) is 108 cm³/mol. The van der Waals surface area contributed by atoms with Gasteiger partial charge in [0.15, 0.2) is 0 Å². The molecular formula is C20H30FN3O4S. The Morgan fingerprint density at radius 2 is 1.72 bits per heavy atom. The predicted octanol–water partition coefficient (Wildman–Crippen LogP) is 2.04. The van der Waals surface area contributed by atoms with E-state index in [1.165, 1.54) is 16.4 Å². The van der Waals surface area contributed by atoms with Gasteiger partial charge in [0, 0.05) is 25.7 Å². The second-order valence-corrected chi connectivity index (χ2v) is 9.59. The number of halogens is 1. The molecule has 7 nitrogen and oxygen atoms in total. The van der Waals surface area contributed by atoms with Crippen LogP contribution in [0, 0.1) is 11.7 Å². The van der Waals surface area contributed by atoms with Crippen LogP contribution in [0.3, 0.4) is 0 Å². The molecule has 0 aromatic heterocycles. The van der Waals surface area contributed by atoms with Crippen LogP contribution in [0.15, 0.2) is 29.2 Å². The van der Waals surface area contributed by atoms with Gasteiger partial charge in [0.2, 0.25) is 10.0 Å². The number of hydrogen-bond donors (Lipinski definition) is 2. The fourth-order valence-corrected chi connectivity index (χ4v) is 5.03. The molecule has 0 spiro atoms. The molecule has 1 fully saturated rings. The molecule has 0 unspecified atom stereocenters. The highest BCUT2D eigenvalue weighted by atomic mass is 32.2. The van der Waals surface area contributed by atoms with E-state index in [0.29, 0.717) is 31.8 Å². The second kappa shape index (κ2) is 10.7. The van der Waals surface area contributed by atoms with E-state index >= 15 is 0 Å². The van der Waals surface area contributed by atoms with Gasteiger partial charge in [0.25, 0.3) is 0 Å². The van der Waals surface area contributed by atoms with Crippen molar-refractivity contribution in [1.29, 1.82) is 0 Å². The van der Waals surface area contributed by atoms with Crippen molar-refractivity contribution >= 4 is 21.8 Å². The first kappa shape index (κ1) is 23.3. The topological polar surface area (TPSA) is 95.6 Å². The Kier molecular flexibility index (Phi) is 8.58. The first-order valence-electron chi connectivity index (χ1n) is 10.0. The fraction of sp³-hybridized carbons (Fsp3) is 0.600. The summed E-state index contributed by atoms with van der Waals surface area (Å²) in [7, 11) is -3.74. The number of carbonyl (C=O) groups excluding carboxylic acids is 2. The largest absolute Gasteiger partial charge is 0.348 e. The molecule has 1 aliphatic rings. The van der Waals surface area contributed by atoms with Gasteiger partial charge in [0.05, 0.1) is 4.90 Å². The summed E-state index contributed by atoms with van der Waals surface area (Å²) in [4.78, 5) is 23.7. The number of amides is 2. The van der Waals surface area contributed by atoms with Crippen molar-refractivity contribution in [1.82, 2.24) is 14.9 Å². The molecule has 1 saturated heterocycles. The van der Waals surface area contributed by atoms with Gasteiger partial charge >= 0.3 is 11.8 Å². The first-order valence-corrected chi connectivity index (χ1v) is 11.5. The van der Waals surface area contributed by atoms with Crippen LogP contribution in [-0.4, -0.2) is 50.2 Å². The van der Waals surface area contributed by atoms with Gasteiger partial charge in [-0.05, 0) is 55.9 Å². The highest BCUT2D eigenvalue weighted by Gasteiger charge is 2.33. The number of nitrogens with one attached hydrogen (secondary N) is 2. The summed E-state index contributed by atoms with van der Waals surface area (Å²) in [5.74, 6) is -1.45. The lowest BCUT2D eigenvalue weighted by Crippen LogP contribution is -2.46. The minimum Gasteiger partial charge on any atom is -0.348 e. The highest BCUT2D eigenvalue weighted by molar-refractivity contribution is 7.89. The molecule has 9 heteroatoms. The van der Waals surface area contributed by atoms with Crippen molar-refractivity contribution in [3.63, 3.8) is 0 Å². The van der Waals surface area contributed by atoms with Crippen LogP contribution in [0.5, 0.6) is 0 Å². The molecule has 1 aromatic carbocycles. The zero-order valence-corrected chi connectivity index (χ0v) is 17.8. The van der Waals surface area contributed by atoms with Crippen molar-refractivity contribution in [2.45, 2.75) is 56.9 Å². The molecule has 0 bridgehead atoms. The monoisotopic (exact) mass is 427 g/mol. The Hall–Kier alpha value is -2.00. The molecule has 0 saturated carbocycles. The van der Waals surface area contributed by atoms with Crippen LogP contribution in [0.4, 0.5) is 4.39 Å². The maximum Gasteiger partial charge on any atom is 0.309 e. The average molecular weight is 428 g/mol. The zero-order valence-electron chi connectivity index (χ0n) is 17.0. The van der Waals surface area contributed by atoms with E-state index in [4.69, 9.17) is 0 Å². The van der Waals surface area contributed by atoms with Gasteiger partial charge in [-0.2, -0.15) is 4.31 Å². The number of carbonyl (C=O) groups is 2. The Balaban J connectivity index is 1.90. The number of nitrogens with zero attached hydrogens (tertiary/aromatic N) is 1. The Morgan fingerprint density at radius 3 is 2.34 bits per heavy atom. The molecule has 1 aliphatic heterocycles. The van der Waals surface area contributed by atoms with E-state index in [1.54, 1.807) is 0 Å². The third-order valence-corrected chi connectivity index (χ3v) is 6.94. The standard InChI is InChI=1S/C20H30FN3O4S/c1-15(2)10-12-22-19(25)20(26)23-13-11-17-5-3-4-14-24(17)29(27,28)18-8-6-16(21)7-9-18/h6-9,15,17H,3-5,10-14H2,1-2H3,(H,22,25)(H,23,26)/t17-/m1/s1. The molecule has 1 aromatic rings. The summed E-state index contributed by atoms with van der Waals surface area (Å²) in [5, 5.41) is 5.14. The van der Waals surface area contributed by atoms with E-state index in [1.807, 2.05) is 13.8 Å². The molecular weight excluding hydrogens is 397 g/mol. The number of hydrogen-bond acceptors (Lipinski definition) is 4. The van der Waals surface area contributed by atoms with Gasteiger partial charge in [-0.3, -0.25) is 9.59 Å². The lowest BCUT2D eigenvalue weighted by molar-refractivity contribution is -0.139. The third kappa shape index (κ3) is 6.78. The summed E-state index contributed by atoms with van der Waals surface area (Å²) in [5.41, 5.74) is 0. The molecule has 0 radical (unpaired) electrons. The molecule has 0 aliphatic carbocycles. The minimum absolute atomic E-state index is 0.0550. The van der Waals surface area contributed by atoms with Crippen LogP contribution < -0.4 is 10.6 Å². The Labute approximate surface area is 172 Å². The van der Waals surface area contributed by atoms with Gasteiger partial charge in [-0.15, -0.1) is 0 Å². The van der Waals surface area contributed by atoms with Crippen molar-refractivity contribution in [2.24, 2.45) is 5.92 Å². The van der Waals surface area contributed by atoms with E-state index in [2.05, 4.69) is 10.6 Å². The molecule has 162 valence electrons. The quantitative estimate of drug-likeness (QED) is 0.621. The fourth-order valence-electron chi connectivity index (χ4n) is 3.31. The highest BCUT2D eigenvalue weighted by Crippen LogP contribution is 2.27. The molecule has 1 heterocycles. The van der Waals surface area contributed by atoms with Crippen molar-refractivity contribution in [3.05, 3.63) is 30.1 Å². The molecule has 29 heavy (non-hydrogen) atoms. The smallest absolute Gasteiger partial charge is 0.309 e. The van der Waals surface area contributed by atoms with Crippen molar-refractivity contribution in [2.75, 3.05) is 19.6 Å². The van der Waals surface area contributed by atoms with Crippen molar-refractivity contribution in [3.8, 4) is 0 Å². The molecule has 2 amide bonds. The van der Waals surface area contributed by atoms with E-state index in [-0.39, 0.29) is 17.5 Å². The first-order chi connectivity index (χ1) is 13.7. The minimum atomic E-state index is -3.74. The van der Waals surface area contributed by atoms with Crippen LogP contribution in [-0.2, 0) is 19.6 Å². The number of piperidine rings is 1. The van der Waals surface area contributed by atoms with Crippen LogP contribution in [0.1, 0.15) is 46.0 Å². The van der Waals surface area contributed by atoms with E-state index in [9.17, 15) is 22.4 Å². The maximum atomic E-state index is 13.1.